The van der Waals surface area contributed by atoms with E-state index in [0.29, 0.717) is 9.90 Å². The summed E-state index contributed by atoms with van der Waals surface area (Å²) in [4.78, 5) is 16.6. The number of hydrogen-bond acceptors (Lipinski definition) is 5. The Morgan fingerprint density at radius 1 is 1.32 bits per heavy atom. The summed E-state index contributed by atoms with van der Waals surface area (Å²) in [5.41, 5.74) is 8.26. The van der Waals surface area contributed by atoms with Crippen molar-refractivity contribution in [3.8, 4) is 21.8 Å². The molecule has 2 aromatic heterocycles. The van der Waals surface area contributed by atoms with Crippen LogP contribution in [0.3, 0.4) is 0 Å². The number of benzene rings is 1. The molecule has 0 radical (unpaired) electrons. The Kier molecular flexibility index (Phi) is 4.54. The standard InChI is InChI=1S/C15H11ClN2OS3/c1-20-15-10(6-12(22-15)13(17)19)14-18-11(7-21-14)8-2-4-9(16)5-3-8/h2-7H,1H3,(H2,17,19). The first kappa shape index (κ1) is 15.6. The molecule has 0 aliphatic rings. The van der Waals surface area contributed by atoms with Gasteiger partial charge in [0.1, 0.15) is 5.01 Å². The second kappa shape index (κ2) is 6.42. The first-order chi connectivity index (χ1) is 10.6. The lowest BCUT2D eigenvalue weighted by molar-refractivity contribution is 0.100. The number of rotatable bonds is 4. The lowest BCUT2D eigenvalue weighted by Gasteiger charge is -1.97. The maximum absolute atomic E-state index is 11.4. The number of halogens is 1. The van der Waals surface area contributed by atoms with E-state index >= 15 is 0 Å². The van der Waals surface area contributed by atoms with Gasteiger partial charge in [-0.1, -0.05) is 23.7 Å². The molecular formula is C15H11ClN2OS3. The van der Waals surface area contributed by atoms with Gasteiger partial charge in [0.05, 0.1) is 14.8 Å². The first-order valence-corrected chi connectivity index (χ1v) is 9.58. The Morgan fingerprint density at radius 3 is 2.68 bits per heavy atom. The fraction of sp³-hybridized carbons (Fsp3) is 0.0667. The zero-order chi connectivity index (χ0) is 15.7. The fourth-order valence-electron chi connectivity index (χ4n) is 1.95. The molecule has 0 atom stereocenters. The third kappa shape index (κ3) is 3.05. The molecule has 22 heavy (non-hydrogen) atoms. The van der Waals surface area contributed by atoms with Crippen molar-refractivity contribution in [2.75, 3.05) is 6.26 Å². The maximum Gasteiger partial charge on any atom is 0.258 e. The second-order valence-electron chi connectivity index (χ2n) is 4.42. The highest BCUT2D eigenvalue weighted by molar-refractivity contribution is 8.00. The number of nitrogens with two attached hydrogens (primary N) is 1. The van der Waals surface area contributed by atoms with Gasteiger partial charge in [0.25, 0.3) is 5.91 Å². The molecule has 112 valence electrons. The van der Waals surface area contributed by atoms with Crippen LogP contribution < -0.4 is 5.73 Å². The van der Waals surface area contributed by atoms with Crippen molar-refractivity contribution < 1.29 is 4.79 Å². The average molecular weight is 367 g/mol. The number of carbonyl (C=O) groups is 1. The number of thiophene rings is 1. The molecule has 0 saturated carbocycles. The summed E-state index contributed by atoms with van der Waals surface area (Å²) in [5.74, 6) is -0.402. The number of thiazole rings is 1. The number of carbonyl (C=O) groups excluding carboxylic acids is 1. The number of thioether (sulfide) groups is 1. The Balaban J connectivity index is 2.00. The van der Waals surface area contributed by atoms with Crippen LogP contribution in [0.2, 0.25) is 5.02 Å². The molecule has 1 aromatic carbocycles. The number of aromatic nitrogens is 1. The van der Waals surface area contributed by atoms with Crippen LogP contribution in [-0.2, 0) is 0 Å². The maximum atomic E-state index is 11.4. The van der Waals surface area contributed by atoms with Crippen LogP contribution in [0.5, 0.6) is 0 Å². The molecule has 0 unspecified atom stereocenters. The van der Waals surface area contributed by atoms with E-state index in [2.05, 4.69) is 4.98 Å². The van der Waals surface area contributed by atoms with E-state index in [9.17, 15) is 4.79 Å². The average Bonchev–Trinajstić information content (AvgIpc) is 3.14. The summed E-state index contributed by atoms with van der Waals surface area (Å²) < 4.78 is 1.05. The van der Waals surface area contributed by atoms with Crippen LogP contribution in [0.15, 0.2) is 39.9 Å². The van der Waals surface area contributed by atoms with Crippen LogP contribution in [-0.4, -0.2) is 17.1 Å². The summed E-state index contributed by atoms with van der Waals surface area (Å²) in [7, 11) is 0. The van der Waals surface area contributed by atoms with Crippen molar-refractivity contribution in [1.29, 1.82) is 0 Å². The van der Waals surface area contributed by atoms with E-state index in [1.807, 2.05) is 42.0 Å². The smallest absolute Gasteiger partial charge is 0.258 e. The summed E-state index contributed by atoms with van der Waals surface area (Å²) >= 11 is 10.5. The summed E-state index contributed by atoms with van der Waals surface area (Å²) in [6, 6.07) is 9.40. The molecule has 3 nitrogen and oxygen atoms in total. The highest BCUT2D eigenvalue weighted by Crippen LogP contribution is 2.40. The minimum absolute atomic E-state index is 0.402. The van der Waals surface area contributed by atoms with Crippen molar-refractivity contribution in [1.82, 2.24) is 4.98 Å². The summed E-state index contributed by atoms with van der Waals surface area (Å²) in [6.07, 6.45) is 1.98. The minimum Gasteiger partial charge on any atom is -0.365 e. The number of hydrogen-bond donors (Lipinski definition) is 1. The molecule has 0 aliphatic heterocycles. The van der Waals surface area contributed by atoms with Crippen molar-refractivity contribution in [2.24, 2.45) is 5.73 Å². The predicted octanol–water partition coefficient (Wildman–Crippen LogP) is 5.01. The van der Waals surface area contributed by atoms with Crippen LogP contribution in [0.25, 0.3) is 21.8 Å². The number of amides is 1. The van der Waals surface area contributed by atoms with Crippen LogP contribution in [0, 0.1) is 0 Å². The SMILES string of the molecule is CSc1sc(C(N)=O)cc1-c1nc(-c2ccc(Cl)cc2)cs1. The molecule has 0 fully saturated rings. The molecule has 0 saturated heterocycles. The van der Waals surface area contributed by atoms with E-state index in [4.69, 9.17) is 17.3 Å². The molecule has 7 heteroatoms. The number of primary amides is 1. The highest BCUT2D eigenvalue weighted by atomic mass is 35.5. The van der Waals surface area contributed by atoms with E-state index in [1.54, 1.807) is 23.1 Å². The summed E-state index contributed by atoms with van der Waals surface area (Å²) in [5, 5.41) is 3.59. The molecule has 2 N–H and O–H groups in total. The van der Waals surface area contributed by atoms with Crippen molar-refractivity contribution in [2.45, 2.75) is 4.21 Å². The van der Waals surface area contributed by atoms with Gasteiger partial charge in [-0.15, -0.1) is 34.4 Å². The first-order valence-electron chi connectivity index (χ1n) is 6.28. The Morgan fingerprint density at radius 2 is 2.05 bits per heavy atom. The zero-order valence-electron chi connectivity index (χ0n) is 11.5. The van der Waals surface area contributed by atoms with Crippen LogP contribution >= 0.6 is 46.0 Å². The van der Waals surface area contributed by atoms with Crippen LogP contribution in [0.1, 0.15) is 9.67 Å². The third-order valence-corrected chi connectivity index (χ3v) is 6.41. The van der Waals surface area contributed by atoms with Gasteiger partial charge in [-0.05, 0) is 24.5 Å². The summed E-state index contributed by atoms with van der Waals surface area (Å²) in [6.45, 7) is 0. The van der Waals surface area contributed by atoms with E-state index in [-0.39, 0.29) is 0 Å². The van der Waals surface area contributed by atoms with Crippen molar-refractivity contribution in [3.05, 3.63) is 45.6 Å². The van der Waals surface area contributed by atoms with Gasteiger partial charge in [-0.3, -0.25) is 4.79 Å². The highest BCUT2D eigenvalue weighted by Gasteiger charge is 2.16. The topological polar surface area (TPSA) is 56.0 Å². The van der Waals surface area contributed by atoms with Gasteiger partial charge in [-0.2, -0.15) is 0 Å². The number of nitrogens with zero attached hydrogens (tertiary/aromatic N) is 1. The molecule has 1 amide bonds. The lowest BCUT2D eigenvalue weighted by Crippen LogP contribution is -2.08. The quantitative estimate of drug-likeness (QED) is 0.660. The van der Waals surface area contributed by atoms with Crippen molar-refractivity contribution in [3.63, 3.8) is 0 Å². The van der Waals surface area contributed by atoms with Gasteiger partial charge in [0.15, 0.2) is 0 Å². The Bertz CT molecular complexity index is 824. The molecule has 0 bridgehead atoms. The van der Waals surface area contributed by atoms with E-state index in [0.717, 1.165) is 26.0 Å². The molecular weight excluding hydrogens is 356 g/mol. The van der Waals surface area contributed by atoms with Gasteiger partial charge in [-0.25, -0.2) is 4.98 Å². The van der Waals surface area contributed by atoms with Gasteiger partial charge >= 0.3 is 0 Å². The fourth-order valence-corrected chi connectivity index (χ4v) is 4.77. The van der Waals surface area contributed by atoms with Crippen molar-refractivity contribution >= 4 is 51.9 Å². The van der Waals surface area contributed by atoms with Crippen LogP contribution in [0.4, 0.5) is 0 Å². The Labute approximate surface area is 145 Å². The predicted molar refractivity (Wildman–Crippen MR) is 96.2 cm³/mol. The molecule has 2 heterocycles. The molecule has 0 spiro atoms. The lowest BCUT2D eigenvalue weighted by atomic mass is 10.2. The van der Waals surface area contributed by atoms with Gasteiger partial charge in [0.2, 0.25) is 0 Å². The molecule has 3 aromatic rings. The van der Waals surface area contributed by atoms with Gasteiger partial charge in [0, 0.05) is 21.5 Å². The van der Waals surface area contributed by atoms with E-state index in [1.165, 1.54) is 11.3 Å². The Hall–Kier alpha value is -1.34. The van der Waals surface area contributed by atoms with Gasteiger partial charge < -0.3 is 5.73 Å². The monoisotopic (exact) mass is 366 g/mol. The minimum atomic E-state index is -0.402. The molecule has 3 rings (SSSR count). The third-order valence-electron chi connectivity index (χ3n) is 3.00. The van der Waals surface area contributed by atoms with E-state index < -0.39 is 5.91 Å². The largest absolute Gasteiger partial charge is 0.365 e. The normalized spacial score (nSPS) is 10.8. The second-order valence-corrected chi connectivity index (χ2v) is 7.85. The zero-order valence-corrected chi connectivity index (χ0v) is 14.7. The molecule has 0 aliphatic carbocycles.